The molecule has 0 bridgehead atoms. The summed E-state index contributed by atoms with van der Waals surface area (Å²) >= 11 is 0. The van der Waals surface area contributed by atoms with E-state index in [0.717, 1.165) is 49.7 Å². The summed E-state index contributed by atoms with van der Waals surface area (Å²) in [5.74, 6) is 0.322. The van der Waals surface area contributed by atoms with Gasteiger partial charge in [-0.3, -0.25) is 9.78 Å². The first kappa shape index (κ1) is 23.4. The number of amides is 1. The van der Waals surface area contributed by atoms with Gasteiger partial charge in [0.15, 0.2) is 15.7 Å². The predicted octanol–water partition coefficient (Wildman–Crippen LogP) is 3.32. The van der Waals surface area contributed by atoms with Crippen LogP contribution in [0.1, 0.15) is 73.6 Å². The molecule has 2 saturated carbocycles. The van der Waals surface area contributed by atoms with Crippen LogP contribution in [0.5, 0.6) is 0 Å². The molecule has 9 heteroatoms. The zero-order valence-corrected chi connectivity index (χ0v) is 20.0. The average Bonchev–Trinajstić information content (AvgIpc) is 3.76. The smallest absolute Gasteiger partial charge is 0.233 e. The summed E-state index contributed by atoms with van der Waals surface area (Å²) in [6.07, 6.45) is 8.79. The molecule has 1 aromatic carbocycles. The second kappa shape index (κ2) is 9.71. The van der Waals surface area contributed by atoms with Gasteiger partial charge in [-0.2, -0.15) is 0 Å². The second-order valence-electron chi connectivity index (χ2n) is 9.70. The van der Waals surface area contributed by atoms with Crippen molar-refractivity contribution in [3.8, 4) is 0 Å². The quantitative estimate of drug-likeness (QED) is 0.559. The first-order valence-electron chi connectivity index (χ1n) is 12.1. The molecule has 0 radical (unpaired) electrons. The molecule has 5 rings (SSSR count). The minimum absolute atomic E-state index is 0.183. The Morgan fingerprint density at radius 2 is 1.85 bits per heavy atom. The first-order chi connectivity index (χ1) is 16.5. The number of anilines is 1. The molecule has 2 N–H and O–H groups in total. The van der Waals surface area contributed by atoms with Gasteiger partial charge in [0.25, 0.3) is 0 Å². The van der Waals surface area contributed by atoms with Gasteiger partial charge in [0.1, 0.15) is 0 Å². The molecule has 34 heavy (non-hydrogen) atoms. The predicted molar refractivity (Wildman–Crippen MR) is 126 cm³/mol. The van der Waals surface area contributed by atoms with Crippen LogP contribution in [0.2, 0.25) is 0 Å². The molecule has 0 unspecified atom stereocenters. The van der Waals surface area contributed by atoms with Crippen LogP contribution in [-0.4, -0.2) is 47.9 Å². The maximum absolute atomic E-state index is 13.5. The Balaban J connectivity index is 1.45. The molecule has 1 aliphatic heterocycles. The Bertz CT molecular complexity index is 1140. The van der Waals surface area contributed by atoms with Crippen molar-refractivity contribution in [2.45, 2.75) is 73.5 Å². The van der Waals surface area contributed by atoms with Gasteiger partial charge in [0, 0.05) is 13.2 Å². The number of sulfone groups is 1. The summed E-state index contributed by atoms with van der Waals surface area (Å²) < 4.78 is 31.6. The molecule has 8 nitrogen and oxygen atoms in total. The number of ether oxygens (including phenoxy) is 1. The van der Waals surface area contributed by atoms with Crippen LogP contribution in [0.4, 0.5) is 5.82 Å². The number of carbonyl (C=O) groups is 1. The number of aliphatic hydroxyl groups is 1. The maximum atomic E-state index is 13.5. The molecule has 1 amide bonds. The SMILES string of the molecule is O=C(Nc1cnc(CO)cn1)[C@H](CC1CCOCC1)c1ccc(S(=O)(=O)C2CC2)c(C2CC2)c1. The monoisotopic (exact) mass is 485 g/mol. The van der Waals surface area contributed by atoms with Crippen molar-refractivity contribution in [1.29, 1.82) is 0 Å². The third-order valence-electron chi connectivity index (χ3n) is 7.07. The number of nitrogens with one attached hydrogen (secondary N) is 1. The van der Waals surface area contributed by atoms with Crippen LogP contribution in [0.15, 0.2) is 35.5 Å². The van der Waals surface area contributed by atoms with Gasteiger partial charge in [-0.15, -0.1) is 0 Å². The molecule has 1 saturated heterocycles. The topological polar surface area (TPSA) is 118 Å². The number of benzene rings is 1. The number of carbonyl (C=O) groups excluding carboxylic acids is 1. The highest BCUT2D eigenvalue weighted by Crippen LogP contribution is 2.46. The summed E-state index contributed by atoms with van der Waals surface area (Å²) in [5.41, 5.74) is 2.15. The molecule has 1 atom stereocenters. The van der Waals surface area contributed by atoms with Crippen molar-refractivity contribution in [3.05, 3.63) is 47.4 Å². The summed E-state index contributed by atoms with van der Waals surface area (Å²) in [4.78, 5) is 22.2. The highest BCUT2D eigenvalue weighted by atomic mass is 32.2. The van der Waals surface area contributed by atoms with E-state index in [1.54, 1.807) is 6.07 Å². The largest absolute Gasteiger partial charge is 0.390 e. The van der Waals surface area contributed by atoms with Crippen LogP contribution in [0.25, 0.3) is 0 Å². The average molecular weight is 486 g/mol. The van der Waals surface area contributed by atoms with Crippen LogP contribution in [0, 0.1) is 5.92 Å². The van der Waals surface area contributed by atoms with E-state index in [4.69, 9.17) is 4.74 Å². The summed E-state index contributed by atoms with van der Waals surface area (Å²) in [6.45, 7) is 1.17. The zero-order valence-electron chi connectivity index (χ0n) is 19.2. The molecular formula is C25H31N3O5S. The molecule has 3 aliphatic rings. The van der Waals surface area contributed by atoms with E-state index in [2.05, 4.69) is 15.3 Å². The van der Waals surface area contributed by atoms with Gasteiger partial charge in [-0.05, 0) is 74.0 Å². The van der Waals surface area contributed by atoms with Gasteiger partial charge in [0.05, 0.1) is 40.8 Å². The number of hydrogen-bond acceptors (Lipinski definition) is 7. The summed E-state index contributed by atoms with van der Waals surface area (Å²) in [7, 11) is -3.30. The first-order valence-corrected chi connectivity index (χ1v) is 13.7. The molecule has 0 spiro atoms. The van der Waals surface area contributed by atoms with Crippen LogP contribution in [-0.2, 0) is 26.0 Å². The number of aromatic nitrogens is 2. The Kier molecular flexibility index (Phi) is 6.68. The summed E-state index contributed by atoms with van der Waals surface area (Å²) in [5, 5.41) is 11.8. The van der Waals surface area contributed by atoms with Crippen LogP contribution < -0.4 is 5.32 Å². The number of hydrogen-bond donors (Lipinski definition) is 2. The lowest BCUT2D eigenvalue weighted by molar-refractivity contribution is -0.118. The number of rotatable bonds is 9. The van der Waals surface area contributed by atoms with E-state index in [-0.39, 0.29) is 23.7 Å². The molecule has 3 fully saturated rings. The van der Waals surface area contributed by atoms with E-state index in [9.17, 15) is 18.3 Å². The normalized spacial score (nSPS) is 20.1. The number of aliphatic hydroxyl groups excluding tert-OH is 1. The lowest BCUT2D eigenvalue weighted by Crippen LogP contribution is -2.26. The molecular weight excluding hydrogens is 454 g/mol. The fraction of sp³-hybridized carbons (Fsp3) is 0.560. The van der Waals surface area contributed by atoms with E-state index in [1.807, 2.05) is 12.1 Å². The van der Waals surface area contributed by atoms with E-state index >= 15 is 0 Å². The molecule has 2 aromatic rings. The van der Waals surface area contributed by atoms with Crippen molar-refractivity contribution in [3.63, 3.8) is 0 Å². The van der Waals surface area contributed by atoms with Crippen molar-refractivity contribution in [2.75, 3.05) is 18.5 Å². The third kappa shape index (κ3) is 5.16. The van der Waals surface area contributed by atoms with E-state index in [1.165, 1.54) is 12.4 Å². The number of nitrogens with zero attached hydrogens (tertiary/aromatic N) is 2. The standard InChI is InChI=1S/C25H31N3O5S/c29-15-19-13-27-24(14-26-19)28-25(30)22(11-16-7-9-33-10-8-16)18-3-6-23(21(12-18)17-1-2-17)34(31,32)20-4-5-20/h3,6,12-14,16-17,20,22,29H,1-2,4-5,7-11,15H2,(H,27,28,30)/t22-/m1/s1. The van der Waals surface area contributed by atoms with Crippen LogP contribution in [0.3, 0.4) is 0 Å². The maximum Gasteiger partial charge on any atom is 0.233 e. The van der Waals surface area contributed by atoms with Crippen molar-refractivity contribution in [1.82, 2.24) is 9.97 Å². The Morgan fingerprint density at radius 1 is 1.09 bits per heavy atom. The molecule has 1 aromatic heterocycles. The Hall–Kier alpha value is -2.36. The fourth-order valence-electron chi connectivity index (χ4n) is 4.74. The summed E-state index contributed by atoms with van der Waals surface area (Å²) in [6, 6.07) is 5.53. The molecule has 182 valence electrons. The highest BCUT2D eigenvalue weighted by molar-refractivity contribution is 7.92. The Labute approximate surface area is 200 Å². The highest BCUT2D eigenvalue weighted by Gasteiger charge is 2.41. The van der Waals surface area contributed by atoms with Gasteiger partial charge in [0.2, 0.25) is 5.91 Å². The van der Waals surface area contributed by atoms with Crippen molar-refractivity contribution in [2.24, 2.45) is 5.92 Å². The van der Waals surface area contributed by atoms with Gasteiger partial charge in [-0.25, -0.2) is 13.4 Å². The third-order valence-corrected chi connectivity index (χ3v) is 9.40. The van der Waals surface area contributed by atoms with Crippen molar-refractivity contribution < 1.29 is 23.1 Å². The zero-order chi connectivity index (χ0) is 23.7. The van der Waals surface area contributed by atoms with Gasteiger partial charge < -0.3 is 15.2 Å². The van der Waals surface area contributed by atoms with Gasteiger partial charge in [-0.1, -0.05) is 12.1 Å². The van der Waals surface area contributed by atoms with Crippen molar-refractivity contribution >= 4 is 21.6 Å². The lowest BCUT2D eigenvalue weighted by atomic mass is 9.83. The molecule has 2 heterocycles. The van der Waals surface area contributed by atoms with E-state index in [0.29, 0.717) is 42.0 Å². The minimum atomic E-state index is -3.30. The van der Waals surface area contributed by atoms with Gasteiger partial charge >= 0.3 is 0 Å². The van der Waals surface area contributed by atoms with E-state index < -0.39 is 15.8 Å². The molecule has 2 aliphatic carbocycles. The van der Waals surface area contributed by atoms with Crippen LogP contribution >= 0.6 is 0 Å². The lowest BCUT2D eigenvalue weighted by Gasteiger charge is -2.27. The second-order valence-corrected chi connectivity index (χ2v) is 11.9. The Morgan fingerprint density at radius 3 is 2.47 bits per heavy atom. The minimum Gasteiger partial charge on any atom is -0.390 e. The fourth-order valence-corrected chi connectivity index (χ4v) is 6.67.